The number of hydrogen-bond donors (Lipinski definition) is 1. The Kier molecular flexibility index (Phi) is 4.01. The number of rotatable bonds is 4. The number of para-hydroxylation sites is 1. The summed E-state index contributed by atoms with van der Waals surface area (Å²) in [5, 5.41) is 5.38. The van der Waals surface area contributed by atoms with Gasteiger partial charge in [0.25, 0.3) is 0 Å². The minimum absolute atomic E-state index is 0.204. The van der Waals surface area contributed by atoms with Crippen LogP contribution in [0.1, 0.15) is 23.5 Å². The van der Waals surface area contributed by atoms with Crippen molar-refractivity contribution < 1.29 is 0 Å². The molecule has 0 unspecified atom stereocenters. The molecule has 0 aliphatic rings. The average molecular weight is 303 g/mol. The first-order chi connectivity index (χ1) is 9.74. The molecule has 0 radical (unpaired) electrons. The molecular formula is C16H15ClN2S. The van der Waals surface area contributed by atoms with Gasteiger partial charge in [-0.3, -0.25) is 0 Å². The van der Waals surface area contributed by atoms with Crippen LogP contribution < -0.4 is 5.32 Å². The Hall–Kier alpha value is -1.42. The molecule has 2 aromatic carbocycles. The summed E-state index contributed by atoms with van der Waals surface area (Å²) in [4.78, 5) is 4.62. The summed E-state index contributed by atoms with van der Waals surface area (Å²) in [7, 11) is 0. The molecule has 20 heavy (non-hydrogen) atoms. The highest BCUT2D eigenvalue weighted by atomic mass is 35.5. The summed E-state index contributed by atoms with van der Waals surface area (Å²) in [6, 6.07) is 16.4. The molecular weight excluding hydrogens is 288 g/mol. The van der Waals surface area contributed by atoms with Gasteiger partial charge in [-0.1, -0.05) is 41.9 Å². The molecule has 0 saturated carbocycles. The van der Waals surface area contributed by atoms with E-state index in [9.17, 15) is 0 Å². The molecule has 102 valence electrons. The number of nitrogens with one attached hydrogen (secondary N) is 1. The van der Waals surface area contributed by atoms with Crippen LogP contribution in [0.15, 0.2) is 48.5 Å². The van der Waals surface area contributed by atoms with Crippen molar-refractivity contribution in [3.8, 4) is 0 Å². The van der Waals surface area contributed by atoms with Crippen molar-refractivity contribution in [1.82, 2.24) is 10.3 Å². The Labute approximate surface area is 127 Å². The Bertz CT molecular complexity index is 690. The monoisotopic (exact) mass is 302 g/mol. The predicted molar refractivity (Wildman–Crippen MR) is 86.3 cm³/mol. The van der Waals surface area contributed by atoms with Gasteiger partial charge in [-0.15, -0.1) is 11.3 Å². The lowest BCUT2D eigenvalue weighted by Crippen LogP contribution is -2.18. The van der Waals surface area contributed by atoms with E-state index in [-0.39, 0.29) is 6.04 Å². The molecule has 0 aliphatic carbocycles. The van der Waals surface area contributed by atoms with Crippen LogP contribution in [0.5, 0.6) is 0 Å². The zero-order chi connectivity index (χ0) is 13.9. The summed E-state index contributed by atoms with van der Waals surface area (Å²) in [6.45, 7) is 2.88. The van der Waals surface area contributed by atoms with Crippen LogP contribution in [0.25, 0.3) is 10.2 Å². The van der Waals surface area contributed by atoms with Gasteiger partial charge in [0.1, 0.15) is 5.01 Å². The normalized spacial score (nSPS) is 12.7. The van der Waals surface area contributed by atoms with Gasteiger partial charge in [-0.05, 0) is 30.7 Å². The fraction of sp³-hybridized carbons (Fsp3) is 0.188. The van der Waals surface area contributed by atoms with E-state index in [2.05, 4.69) is 29.4 Å². The van der Waals surface area contributed by atoms with Gasteiger partial charge >= 0.3 is 0 Å². The van der Waals surface area contributed by atoms with E-state index in [1.54, 1.807) is 11.3 Å². The highest BCUT2D eigenvalue weighted by Crippen LogP contribution is 2.24. The van der Waals surface area contributed by atoms with Crippen molar-refractivity contribution in [2.24, 2.45) is 0 Å². The molecule has 4 heteroatoms. The highest BCUT2D eigenvalue weighted by Gasteiger charge is 2.10. The number of thiazole rings is 1. The van der Waals surface area contributed by atoms with E-state index in [1.165, 1.54) is 4.70 Å². The Balaban J connectivity index is 1.71. The average Bonchev–Trinajstić information content (AvgIpc) is 2.88. The second kappa shape index (κ2) is 5.92. The van der Waals surface area contributed by atoms with Crippen molar-refractivity contribution in [1.29, 1.82) is 0 Å². The molecule has 1 aromatic heterocycles. The largest absolute Gasteiger partial charge is 0.304 e. The van der Waals surface area contributed by atoms with Crippen LogP contribution in [-0.2, 0) is 6.54 Å². The first-order valence-electron chi connectivity index (χ1n) is 6.56. The van der Waals surface area contributed by atoms with Crippen LogP contribution in [0, 0.1) is 0 Å². The van der Waals surface area contributed by atoms with Crippen molar-refractivity contribution in [3.63, 3.8) is 0 Å². The van der Waals surface area contributed by atoms with Gasteiger partial charge in [-0.2, -0.15) is 0 Å². The maximum Gasteiger partial charge on any atom is 0.108 e. The van der Waals surface area contributed by atoms with E-state index in [4.69, 9.17) is 11.6 Å². The highest BCUT2D eigenvalue weighted by molar-refractivity contribution is 7.18. The molecule has 3 aromatic rings. The molecule has 1 N–H and O–H groups in total. The van der Waals surface area contributed by atoms with E-state index in [1.807, 2.05) is 36.4 Å². The number of aromatic nitrogens is 1. The van der Waals surface area contributed by atoms with Gasteiger partial charge in [0.05, 0.1) is 10.2 Å². The lowest BCUT2D eigenvalue weighted by atomic mass is 10.1. The summed E-state index contributed by atoms with van der Waals surface area (Å²) < 4.78 is 1.23. The molecule has 0 amide bonds. The van der Waals surface area contributed by atoms with E-state index in [0.29, 0.717) is 0 Å². The zero-order valence-corrected chi connectivity index (χ0v) is 12.7. The molecule has 2 nitrogen and oxygen atoms in total. The minimum Gasteiger partial charge on any atom is -0.304 e. The van der Waals surface area contributed by atoms with Gasteiger partial charge in [0.2, 0.25) is 0 Å². The van der Waals surface area contributed by atoms with Crippen LogP contribution >= 0.6 is 22.9 Å². The summed E-state index contributed by atoms with van der Waals surface area (Å²) in [5.41, 5.74) is 2.19. The lowest BCUT2D eigenvalue weighted by molar-refractivity contribution is 0.574. The zero-order valence-electron chi connectivity index (χ0n) is 11.1. The van der Waals surface area contributed by atoms with Gasteiger partial charge in [0.15, 0.2) is 0 Å². The second-order valence-electron chi connectivity index (χ2n) is 4.70. The second-order valence-corrected chi connectivity index (χ2v) is 6.22. The van der Waals surface area contributed by atoms with Crippen molar-refractivity contribution in [2.75, 3.05) is 0 Å². The molecule has 0 fully saturated rings. The van der Waals surface area contributed by atoms with Gasteiger partial charge < -0.3 is 5.32 Å². The third-order valence-electron chi connectivity index (χ3n) is 3.27. The Morgan fingerprint density at radius 3 is 2.70 bits per heavy atom. The van der Waals surface area contributed by atoms with Crippen LogP contribution in [0.2, 0.25) is 5.02 Å². The summed E-state index contributed by atoms with van der Waals surface area (Å²) >= 11 is 7.94. The Morgan fingerprint density at radius 2 is 1.90 bits per heavy atom. The van der Waals surface area contributed by atoms with Crippen molar-refractivity contribution >= 4 is 33.2 Å². The first kappa shape index (κ1) is 13.6. The Morgan fingerprint density at radius 1 is 1.15 bits per heavy atom. The SMILES string of the molecule is C[C@@H](NCc1nc2ccccc2s1)c1ccccc1Cl. The molecule has 0 aliphatic heterocycles. The third kappa shape index (κ3) is 2.85. The smallest absolute Gasteiger partial charge is 0.108 e. The predicted octanol–water partition coefficient (Wildman–Crippen LogP) is 4.80. The van der Waals surface area contributed by atoms with Gasteiger partial charge in [-0.25, -0.2) is 4.98 Å². The fourth-order valence-electron chi connectivity index (χ4n) is 2.17. The number of nitrogens with zero attached hydrogens (tertiary/aromatic N) is 1. The third-order valence-corrected chi connectivity index (χ3v) is 4.65. The topological polar surface area (TPSA) is 24.9 Å². The summed E-state index contributed by atoms with van der Waals surface area (Å²) in [6.07, 6.45) is 0. The maximum absolute atomic E-state index is 6.21. The fourth-order valence-corrected chi connectivity index (χ4v) is 3.39. The molecule has 1 heterocycles. The number of benzene rings is 2. The molecule has 1 atom stereocenters. The van der Waals surface area contributed by atoms with Crippen LogP contribution in [0.4, 0.5) is 0 Å². The maximum atomic E-state index is 6.21. The summed E-state index contributed by atoms with van der Waals surface area (Å²) in [5.74, 6) is 0. The number of fused-ring (bicyclic) bond motifs is 1. The van der Waals surface area contributed by atoms with E-state index in [0.717, 1.165) is 27.7 Å². The van der Waals surface area contributed by atoms with E-state index < -0.39 is 0 Å². The quantitative estimate of drug-likeness (QED) is 0.749. The standard InChI is InChI=1S/C16H15ClN2S/c1-11(12-6-2-3-7-13(12)17)18-10-16-19-14-8-4-5-9-15(14)20-16/h2-9,11,18H,10H2,1H3/t11-/m1/s1. The first-order valence-corrected chi connectivity index (χ1v) is 7.76. The van der Waals surface area contributed by atoms with Crippen LogP contribution in [0.3, 0.4) is 0 Å². The molecule has 0 bridgehead atoms. The molecule has 0 spiro atoms. The molecule has 3 rings (SSSR count). The molecule has 0 saturated heterocycles. The lowest BCUT2D eigenvalue weighted by Gasteiger charge is -2.14. The van der Waals surface area contributed by atoms with Crippen molar-refractivity contribution in [3.05, 3.63) is 64.1 Å². The number of halogens is 1. The minimum atomic E-state index is 0.204. The van der Waals surface area contributed by atoms with Gasteiger partial charge in [0, 0.05) is 17.6 Å². The number of hydrogen-bond acceptors (Lipinski definition) is 3. The van der Waals surface area contributed by atoms with Crippen LogP contribution in [-0.4, -0.2) is 4.98 Å². The van der Waals surface area contributed by atoms with E-state index >= 15 is 0 Å². The van der Waals surface area contributed by atoms with Crippen molar-refractivity contribution in [2.45, 2.75) is 19.5 Å².